The van der Waals surface area contributed by atoms with E-state index in [4.69, 9.17) is 4.98 Å². The summed E-state index contributed by atoms with van der Waals surface area (Å²) in [6.45, 7) is 6.82. The molecule has 1 aliphatic carbocycles. The van der Waals surface area contributed by atoms with E-state index >= 15 is 0 Å². The lowest BCUT2D eigenvalue weighted by Crippen LogP contribution is -2.51. The van der Waals surface area contributed by atoms with Crippen molar-refractivity contribution in [2.24, 2.45) is 0 Å². The summed E-state index contributed by atoms with van der Waals surface area (Å²) in [6, 6.07) is 25.0. The van der Waals surface area contributed by atoms with Crippen LogP contribution in [0.1, 0.15) is 23.7 Å². The van der Waals surface area contributed by atoms with Gasteiger partial charge < -0.3 is 10.2 Å². The Bertz CT molecular complexity index is 1390. The molecule has 1 fully saturated rings. The topological polar surface area (TPSA) is 48.5 Å². The van der Waals surface area contributed by atoms with Crippen LogP contribution in [0.5, 0.6) is 0 Å². The molecule has 3 aromatic carbocycles. The third-order valence-corrected chi connectivity index (χ3v) is 7.43. The third kappa shape index (κ3) is 3.96. The Morgan fingerprint density at radius 2 is 1.63 bits per heavy atom. The van der Waals surface area contributed by atoms with Gasteiger partial charge in [-0.05, 0) is 40.6 Å². The van der Waals surface area contributed by atoms with E-state index in [0.29, 0.717) is 0 Å². The zero-order valence-electron chi connectivity index (χ0n) is 20.1. The molecule has 176 valence electrons. The van der Waals surface area contributed by atoms with Crippen molar-refractivity contribution in [2.75, 3.05) is 37.6 Å². The number of rotatable bonds is 6. The summed E-state index contributed by atoms with van der Waals surface area (Å²) in [4.78, 5) is 22.8. The highest BCUT2D eigenvalue weighted by molar-refractivity contribution is 6.12. The monoisotopic (exact) mass is 462 g/mol. The number of carbonyl (C=O) groups excluding carboxylic acids is 1. The fourth-order valence-corrected chi connectivity index (χ4v) is 5.48. The predicted molar refractivity (Wildman–Crippen MR) is 143 cm³/mol. The number of hydrogen-bond donors (Lipinski definition) is 1. The Morgan fingerprint density at radius 3 is 2.46 bits per heavy atom. The van der Waals surface area contributed by atoms with E-state index in [-0.39, 0.29) is 11.9 Å². The number of amides is 1. The van der Waals surface area contributed by atoms with Crippen molar-refractivity contribution >= 4 is 22.5 Å². The van der Waals surface area contributed by atoms with Crippen LogP contribution in [0.4, 0.5) is 5.82 Å². The van der Waals surface area contributed by atoms with Crippen molar-refractivity contribution in [3.8, 4) is 22.3 Å². The van der Waals surface area contributed by atoms with Crippen molar-refractivity contribution in [1.29, 1.82) is 0 Å². The predicted octanol–water partition coefficient (Wildman–Crippen LogP) is 5.21. The van der Waals surface area contributed by atoms with Crippen LogP contribution in [-0.4, -0.2) is 54.6 Å². The number of aromatic nitrogens is 1. The molecule has 4 aromatic rings. The molecule has 0 saturated carbocycles. The van der Waals surface area contributed by atoms with Crippen LogP contribution in [0.25, 0.3) is 33.0 Å². The van der Waals surface area contributed by atoms with Crippen LogP contribution >= 0.6 is 0 Å². The van der Waals surface area contributed by atoms with Crippen molar-refractivity contribution in [2.45, 2.75) is 19.4 Å². The standard InChI is InChI=1S/C30H30N4O/c1-2-22(32-30(35)27-13-7-12-26-24-10-5-6-11-25(24)28(26)27)20-33-16-18-34(19-17-33)29-23-9-4-3-8-21(23)14-15-31-29/h3-15,22H,2,16-20H2,1H3,(H,32,35). The molecule has 35 heavy (non-hydrogen) atoms. The summed E-state index contributed by atoms with van der Waals surface area (Å²) in [5.41, 5.74) is 5.47. The summed E-state index contributed by atoms with van der Waals surface area (Å²) >= 11 is 0. The Labute approximate surface area is 206 Å². The van der Waals surface area contributed by atoms with E-state index in [1.807, 2.05) is 24.4 Å². The van der Waals surface area contributed by atoms with Gasteiger partial charge in [-0.3, -0.25) is 9.69 Å². The number of piperazine rings is 1. The van der Waals surface area contributed by atoms with E-state index in [0.717, 1.165) is 56.1 Å². The van der Waals surface area contributed by atoms with E-state index in [2.05, 4.69) is 76.6 Å². The van der Waals surface area contributed by atoms with Crippen molar-refractivity contribution in [1.82, 2.24) is 15.2 Å². The minimum Gasteiger partial charge on any atom is -0.354 e. The van der Waals surface area contributed by atoms with Crippen LogP contribution in [0, 0.1) is 0 Å². The summed E-state index contributed by atoms with van der Waals surface area (Å²) in [6.07, 6.45) is 2.81. The maximum atomic E-state index is 13.3. The number of benzene rings is 3. The average Bonchev–Trinajstić information content (AvgIpc) is 2.91. The fourth-order valence-electron chi connectivity index (χ4n) is 5.48. The highest BCUT2D eigenvalue weighted by atomic mass is 16.1. The number of carbonyl (C=O) groups is 1. The molecule has 0 radical (unpaired) electrons. The molecule has 1 atom stereocenters. The first kappa shape index (κ1) is 21.8. The molecule has 1 unspecified atom stereocenters. The van der Waals surface area contributed by atoms with Gasteiger partial charge in [0.1, 0.15) is 5.82 Å². The minimum atomic E-state index is 0.0294. The molecule has 0 spiro atoms. The summed E-state index contributed by atoms with van der Waals surface area (Å²) < 4.78 is 0. The van der Waals surface area contributed by atoms with Crippen LogP contribution in [0.3, 0.4) is 0 Å². The fraction of sp³-hybridized carbons (Fsp3) is 0.267. The Hall–Kier alpha value is -3.70. The number of hydrogen-bond acceptors (Lipinski definition) is 4. The maximum Gasteiger partial charge on any atom is 0.252 e. The van der Waals surface area contributed by atoms with E-state index in [1.54, 1.807) is 0 Å². The number of pyridine rings is 1. The van der Waals surface area contributed by atoms with Gasteiger partial charge in [0.15, 0.2) is 0 Å². The average molecular weight is 463 g/mol. The first-order valence-electron chi connectivity index (χ1n) is 12.6. The zero-order valence-corrected chi connectivity index (χ0v) is 20.1. The van der Waals surface area contributed by atoms with Gasteiger partial charge in [-0.25, -0.2) is 4.98 Å². The maximum absolute atomic E-state index is 13.3. The van der Waals surface area contributed by atoms with E-state index in [9.17, 15) is 4.79 Å². The smallest absolute Gasteiger partial charge is 0.252 e. The van der Waals surface area contributed by atoms with E-state index in [1.165, 1.54) is 27.5 Å². The highest BCUT2D eigenvalue weighted by Crippen LogP contribution is 2.48. The van der Waals surface area contributed by atoms with Gasteiger partial charge in [0.25, 0.3) is 5.91 Å². The van der Waals surface area contributed by atoms with Crippen molar-refractivity contribution in [3.05, 3.63) is 84.6 Å². The molecule has 6 rings (SSSR count). The molecule has 0 bridgehead atoms. The molecule has 2 aliphatic rings. The third-order valence-electron chi connectivity index (χ3n) is 7.43. The van der Waals surface area contributed by atoms with Crippen LogP contribution < -0.4 is 10.2 Å². The zero-order chi connectivity index (χ0) is 23.8. The second-order valence-corrected chi connectivity index (χ2v) is 9.50. The van der Waals surface area contributed by atoms with Crippen LogP contribution in [0.15, 0.2) is 79.0 Å². The first-order chi connectivity index (χ1) is 17.2. The van der Waals surface area contributed by atoms with Gasteiger partial charge in [-0.1, -0.05) is 67.6 Å². The van der Waals surface area contributed by atoms with Gasteiger partial charge in [-0.15, -0.1) is 0 Å². The minimum absolute atomic E-state index is 0.0294. The van der Waals surface area contributed by atoms with Crippen LogP contribution in [-0.2, 0) is 0 Å². The van der Waals surface area contributed by atoms with E-state index < -0.39 is 0 Å². The largest absolute Gasteiger partial charge is 0.354 e. The molecule has 1 N–H and O–H groups in total. The highest BCUT2D eigenvalue weighted by Gasteiger charge is 2.28. The SMILES string of the molecule is CCC(CN1CCN(c2nccc3ccccc23)CC1)NC(=O)c1cccc2c1-c1ccccc1-2. The molecule has 5 heteroatoms. The van der Waals surface area contributed by atoms with Gasteiger partial charge in [-0.2, -0.15) is 0 Å². The number of fused-ring (bicyclic) bond motifs is 5. The normalized spacial score (nSPS) is 15.7. The summed E-state index contributed by atoms with van der Waals surface area (Å²) in [5, 5.41) is 5.76. The summed E-state index contributed by atoms with van der Waals surface area (Å²) in [5.74, 6) is 1.10. The molecule has 2 heterocycles. The van der Waals surface area contributed by atoms with Gasteiger partial charge in [0.05, 0.1) is 0 Å². The Morgan fingerprint density at radius 1 is 0.886 bits per heavy atom. The van der Waals surface area contributed by atoms with Crippen LogP contribution in [0.2, 0.25) is 0 Å². The summed E-state index contributed by atoms with van der Waals surface area (Å²) in [7, 11) is 0. The molecule has 1 saturated heterocycles. The lowest BCUT2D eigenvalue weighted by atomic mass is 9.78. The van der Waals surface area contributed by atoms with Crippen molar-refractivity contribution < 1.29 is 4.79 Å². The van der Waals surface area contributed by atoms with Gasteiger partial charge in [0, 0.05) is 61.5 Å². The molecule has 1 aromatic heterocycles. The Kier molecular flexibility index (Phi) is 5.71. The molecule has 1 amide bonds. The number of nitrogens with zero attached hydrogens (tertiary/aromatic N) is 3. The number of nitrogens with one attached hydrogen (secondary N) is 1. The second-order valence-electron chi connectivity index (χ2n) is 9.50. The second kappa shape index (κ2) is 9.16. The van der Waals surface area contributed by atoms with Gasteiger partial charge >= 0.3 is 0 Å². The molecular formula is C30H30N4O. The molecule has 5 nitrogen and oxygen atoms in total. The number of anilines is 1. The lowest BCUT2D eigenvalue weighted by Gasteiger charge is -2.37. The molecular weight excluding hydrogens is 432 g/mol. The quantitative estimate of drug-likeness (QED) is 0.376. The first-order valence-corrected chi connectivity index (χ1v) is 12.6. The Balaban J connectivity index is 1.10. The lowest BCUT2D eigenvalue weighted by molar-refractivity contribution is 0.0922. The van der Waals surface area contributed by atoms with Crippen molar-refractivity contribution in [3.63, 3.8) is 0 Å². The van der Waals surface area contributed by atoms with Gasteiger partial charge in [0.2, 0.25) is 0 Å². The molecule has 1 aliphatic heterocycles.